The number of nitrogens with zero attached hydrogens (tertiary/aromatic N) is 1. The third-order valence-electron chi connectivity index (χ3n) is 3.37. The van der Waals surface area contributed by atoms with E-state index in [4.69, 9.17) is 0 Å². The summed E-state index contributed by atoms with van der Waals surface area (Å²) < 4.78 is 0. The van der Waals surface area contributed by atoms with Crippen LogP contribution in [0.2, 0.25) is 0 Å². The van der Waals surface area contributed by atoms with E-state index in [1.54, 1.807) is 30.5 Å². The Hall–Kier alpha value is -2.69. The highest BCUT2D eigenvalue weighted by atomic mass is 16.1. The van der Waals surface area contributed by atoms with Crippen molar-refractivity contribution in [2.45, 2.75) is 26.7 Å². The van der Waals surface area contributed by atoms with Gasteiger partial charge in [-0.25, -0.2) is 4.98 Å². The van der Waals surface area contributed by atoms with E-state index in [1.807, 2.05) is 12.1 Å². The van der Waals surface area contributed by atoms with Crippen molar-refractivity contribution < 1.29 is 9.59 Å². The molecular formula is C18H21N3O2. The summed E-state index contributed by atoms with van der Waals surface area (Å²) in [7, 11) is 0. The van der Waals surface area contributed by atoms with Crippen LogP contribution in [0.1, 0.15) is 47.5 Å². The molecule has 0 aliphatic rings. The van der Waals surface area contributed by atoms with E-state index in [1.165, 1.54) is 6.92 Å². The normalized spacial score (nSPS) is 10.2. The molecule has 2 rings (SSSR count). The Morgan fingerprint density at radius 1 is 1.13 bits per heavy atom. The lowest BCUT2D eigenvalue weighted by molar-refractivity contribution is 0.0947. The summed E-state index contributed by atoms with van der Waals surface area (Å²) in [5, 5.41) is 6.00. The van der Waals surface area contributed by atoms with Crippen molar-refractivity contribution in [3.8, 4) is 0 Å². The minimum Gasteiger partial charge on any atom is -0.354 e. The van der Waals surface area contributed by atoms with E-state index >= 15 is 0 Å². The number of aromatic nitrogens is 1. The molecule has 5 nitrogen and oxygen atoms in total. The Labute approximate surface area is 136 Å². The fourth-order valence-electron chi connectivity index (χ4n) is 2.05. The Balaban J connectivity index is 2.01. The number of nitrogens with one attached hydrogen (secondary N) is 2. The van der Waals surface area contributed by atoms with Crippen LogP contribution < -0.4 is 10.6 Å². The molecule has 0 aliphatic carbocycles. The van der Waals surface area contributed by atoms with E-state index in [2.05, 4.69) is 22.5 Å². The smallest absolute Gasteiger partial charge is 0.269 e. The van der Waals surface area contributed by atoms with Crippen molar-refractivity contribution in [3.63, 3.8) is 0 Å². The zero-order valence-electron chi connectivity index (χ0n) is 13.4. The van der Waals surface area contributed by atoms with Crippen LogP contribution in [-0.2, 0) is 0 Å². The summed E-state index contributed by atoms with van der Waals surface area (Å²) in [6.45, 7) is 4.27. The number of unbranched alkanes of at least 4 members (excludes halogenated alkanes) is 1. The predicted molar refractivity (Wildman–Crippen MR) is 91.2 cm³/mol. The quantitative estimate of drug-likeness (QED) is 0.606. The maximum atomic E-state index is 11.9. The number of carbonyl (C=O) groups excluding carboxylic acids is 2. The Morgan fingerprint density at radius 2 is 1.96 bits per heavy atom. The molecule has 0 saturated carbocycles. The number of ketones is 1. The maximum absolute atomic E-state index is 11.9. The first-order chi connectivity index (χ1) is 11.1. The number of pyridine rings is 1. The van der Waals surface area contributed by atoms with Crippen LogP contribution in [-0.4, -0.2) is 23.2 Å². The van der Waals surface area contributed by atoms with Gasteiger partial charge in [-0.3, -0.25) is 9.59 Å². The number of Topliss-reactive ketones (excluding diaryl/α,β-unsaturated/α-hetero) is 1. The van der Waals surface area contributed by atoms with Crippen molar-refractivity contribution in [3.05, 3.63) is 53.9 Å². The number of anilines is 2. The van der Waals surface area contributed by atoms with Crippen molar-refractivity contribution in [1.29, 1.82) is 0 Å². The van der Waals surface area contributed by atoms with Crippen molar-refractivity contribution in [2.75, 3.05) is 11.9 Å². The first-order valence-electron chi connectivity index (χ1n) is 7.72. The Bertz CT molecular complexity index is 681. The van der Waals surface area contributed by atoms with Gasteiger partial charge < -0.3 is 10.6 Å². The average molecular weight is 311 g/mol. The molecule has 0 unspecified atom stereocenters. The maximum Gasteiger partial charge on any atom is 0.269 e. The first kappa shape index (κ1) is 16.7. The number of amides is 1. The van der Waals surface area contributed by atoms with Crippen LogP contribution in [0.25, 0.3) is 0 Å². The highest BCUT2D eigenvalue weighted by Gasteiger charge is 2.06. The SMILES string of the molecule is CCCCNC(=O)c1ccc(Nc2cccc(C(C)=O)c2)cn1. The average Bonchev–Trinajstić information content (AvgIpc) is 2.56. The molecule has 5 heteroatoms. The molecule has 1 aromatic heterocycles. The Kier molecular flexibility index (Phi) is 5.86. The summed E-state index contributed by atoms with van der Waals surface area (Å²) in [6, 6.07) is 10.7. The van der Waals surface area contributed by atoms with Gasteiger partial charge >= 0.3 is 0 Å². The van der Waals surface area contributed by atoms with E-state index in [9.17, 15) is 9.59 Å². The van der Waals surface area contributed by atoms with Gasteiger partial charge in [0.2, 0.25) is 0 Å². The van der Waals surface area contributed by atoms with Gasteiger partial charge in [-0.05, 0) is 37.6 Å². The molecule has 0 radical (unpaired) electrons. The second-order valence-electron chi connectivity index (χ2n) is 5.30. The number of carbonyl (C=O) groups is 2. The molecule has 1 aromatic carbocycles. The highest BCUT2D eigenvalue weighted by Crippen LogP contribution is 2.17. The van der Waals surface area contributed by atoms with Crippen molar-refractivity contribution >= 4 is 23.1 Å². The van der Waals surface area contributed by atoms with Crippen LogP contribution >= 0.6 is 0 Å². The number of hydrogen-bond acceptors (Lipinski definition) is 4. The fourth-order valence-corrected chi connectivity index (χ4v) is 2.05. The largest absolute Gasteiger partial charge is 0.354 e. The second kappa shape index (κ2) is 8.08. The summed E-state index contributed by atoms with van der Waals surface area (Å²) in [5.41, 5.74) is 2.61. The third-order valence-corrected chi connectivity index (χ3v) is 3.37. The van der Waals surface area contributed by atoms with Gasteiger partial charge in [-0.2, -0.15) is 0 Å². The third kappa shape index (κ3) is 4.92. The highest BCUT2D eigenvalue weighted by molar-refractivity contribution is 5.95. The van der Waals surface area contributed by atoms with E-state index in [0.717, 1.165) is 24.2 Å². The van der Waals surface area contributed by atoms with Gasteiger partial charge in [-0.1, -0.05) is 25.5 Å². The molecule has 0 atom stereocenters. The van der Waals surface area contributed by atoms with Gasteiger partial charge in [0.15, 0.2) is 5.78 Å². The molecule has 1 amide bonds. The lowest BCUT2D eigenvalue weighted by Gasteiger charge is -2.08. The first-order valence-corrected chi connectivity index (χ1v) is 7.72. The van der Waals surface area contributed by atoms with Gasteiger partial charge in [0, 0.05) is 17.8 Å². The summed E-state index contributed by atoms with van der Waals surface area (Å²) in [5.74, 6) is -0.144. The van der Waals surface area contributed by atoms with E-state index in [-0.39, 0.29) is 11.7 Å². The molecule has 120 valence electrons. The van der Waals surface area contributed by atoms with Crippen LogP contribution in [0, 0.1) is 0 Å². The molecule has 0 spiro atoms. The standard InChI is InChI=1S/C18H21N3O2/c1-3-4-10-19-18(23)17-9-8-16(12-20-17)21-15-7-5-6-14(11-15)13(2)22/h5-9,11-12,21H,3-4,10H2,1-2H3,(H,19,23). The molecule has 0 aliphatic heterocycles. The van der Waals surface area contributed by atoms with Gasteiger partial charge in [0.25, 0.3) is 5.91 Å². The molecule has 1 heterocycles. The topological polar surface area (TPSA) is 71.1 Å². The molecule has 0 bridgehead atoms. The van der Waals surface area contributed by atoms with Crippen LogP contribution in [0.4, 0.5) is 11.4 Å². The number of benzene rings is 1. The molecule has 23 heavy (non-hydrogen) atoms. The van der Waals surface area contributed by atoms with Crippen LogP contribution in [0.15, 0.2) is 42.6 Å². The Morgan fingerprint density at radius 3 is 2.61 bits per heavy atom. The summed E-state index contributed by atoms with van der Waals surface area (Å²) in [6.07, 6.45) is 3.60. The minimum absolute atomic E-state index is 0.0193. The molecule has 0 fully saturated rings. The summed E-state index contributed by atoms with van der Waals surface area (Å²) >= 11 is 0. The number of rotatable bonds is 7. The van der Waals surface area contributed by atoms with Gasteiger partial charge in [0.1, 0.15) is 5.69 Å². The lowest BCUT2D eigenvalue weighted by Crippen LogP contribution is -2.25. The molecule has 2 N–H and O–H groups in total. The molecule has 2 aromatic rings. The van der Waals surface area contributed by atoms with Crippen LogP contribution in [0.3, 0.4) is 0 Å². The summed E-state index contributed by atoms with van der Waals surface area (Å²) in [4.78, 5) is 27.4. The van der Waals surface area contributed by atoms with Crippen LogP contribution in [0.5, 0.6) is 0 Å². The van der Waals surface area contributed by atoms with Crippen molar-refractivity contribution in [2.24, 2.45) is 0 Å². The molecular weight excluding hydrogens is 290 g/mol. The fraction of sp³-hybridized carbons (Fsp3) is 0.278. The monoisotopic (exact) mass is 311 g/mol. The zero-order chi connectivity index (χ0) is 16.7. The zero-order valence-corrected chi connectivity index (χ0v) is 13.4. The molecule has 0 saturated heterocycles. The predicted octanol–water partition coefficient (Wildman–Crippen LogP) is 3.56. The van der Waals surface area contributed by atoms with E-state index < -0.39 is 0 Å². The number of hydrogen-bond donors (Lipinski definition) is 2. The second-order valence-corrected chi connectivity index (χ2v) is 5.30. The minimum atomic E-state index is -0.163. The van der Waals surface area contributed by atoms with Gasteiger partial charge in [-0.15, -0.1) is 0 Å². The van der Waals surface area contributed by atoms with Crippen molar-refractivity contribution in [1.82, 2.24) is 10.3 Å². The lowest BCUT2D eigenvalue weighted by atomic mass is 10.1. The van der Waals surface area contributed by atoms with E-state index in [0.29, 0.717) is 17.8 Å². The van der Waals surface area contributed by atoms with Gasteiger partial charge in [0.05, 0.1) is 11.9 Å².